The van der Waals surface area contributed by atoms with Gasteiger partial charge in [-0.2, -0.15) is 0 Å². The summed E-state index contributed by atoms with van der Waals surface area (Å²) in [6.45, 7) is 4.73. The second-order valence-electron chi connectivity index (χ2n) is 9.79. The fourth-order valence-electron chi connectivity index (χ4n) is 4.96. The molecule has 2 aromatic rings. The number of hydrogen-bond acceptors (Lipinski definition) is 9. The Balaban J connectivity index is 1.38. The summed E-state index contributed by atoms with van der Waals surface area (Å²) in [5.41, 5.74) is 4.77. The standard InChI is InChI=1S/C26H37N3O7S/c30-16-23-25(32)26(33)24(31)15-29(23)14-19-3-1-18(2-4-19)12-27-22-10-20(9-21(11-22)17-37(34)35)13-28-5-7-36-8-6-28/h1-4,9-11,23-27,30-33H,5-8,12-17H2,(H,34,35)/t23-,24+,25-,26-/m1/s1. The van der Waals surface area contributed by atoms with Crippen LogP contribution in [0.25, 0.3) is 0 Å². The van der Waals surface area contributed by atoms with Crippen molar-refractivity contribution >= 4 is 16.8 Å². The molecule has 1 unspecified atom stereocenters. The monoisotopic (exact) mass is 535 g/mol. The van der Waals surface area contributed by atoms with Gasteiger partial charge in [0.2, 0.25) is 0 Å². The molecule has 5 atom stereocenters. The first-order valence-electron chi connectivity index (χ1n) is 12.5. The number of ether oxygens (including phenoxy) is 1. The number of nitrogens with one attached hydrogen (secondary N) is 1. The SMILES string of the molecule is O=S(O)Cc1cc(CN2CCOCC2)cc(NCc2ccc(CN3C[C@H](O)[C@@H](O)[C@H](O)[C@H]3CO)cc2)c1. The molecular weight excluding hydrogens is 498 g/mol. The van der Waals surface area contributed by atoms with Crippen LogP contribution in [0.4, 0.5) is 5.69 Å². The Morgan fingerprint density at radius 3 is 2.27 bits per heavy atom. The number of benzene rings is 2. The van der Waals surface area contributed by atoms with Crippen LogP contribution >= 0.6 is 0 Å². The summed E-state index contributed by atoms with van der Waals surface area (Å²) >= 11 is -1.92. The third kappa shape index (κ3) is 7.79. The fraction of sp³-hybridized carbons (Fsp3) is 0.538. The number of rotatable bonds is 10. The van der Waals surface area contributed by atoms with Gasteiger partial charge in [-0.05, 0) is 34.4 Å². The molecule has 0 amide bonds. The molecule has 2 aromatic carbocycles. The Labute approximate surface area is 219 Å². The molecule has 2 fully saturated rings. The lowest BCUT2D eigenvalue weighted by Crippen LogP contribution is -2.62. The van der Waals surface area contributed by atoms with E-state index in [0.29, 0.717) is 26.3 Å². The number of aliphatic hydroxyl groups excluding tert-OH is 4. The van der Waals surface area contributed by atoms with Crippen molar-refractivity contribution in [1.29, 1.82) is 0 Å². The van der Waals surface area contributed by atoms with Crippen molar-refractivity contribution < 1.29 is 33.9 Å². The summed E-state index contributed by atoms with van der Waals surface area (Å²) in [6.07, 6.45) is -3.56. The quantitative estimate of drug-likeness (QED) is 0.232. The maximum Gasteiger partial charge on any atom is 0.157 e. The molecule has 6 N–H and O–H groups in total. The van der Waals surface area contributed by atoms with Gasteiger partial charge < -0.3 is 35.0 Å². The van der Waals surface area contributed by atoms with Crippen molar-refractivity contribution in [2.45, 2.75) is 49.7 Å². The Bertz CT molecular complexity index is 1040. The number of likely N-dealkylation sites (tertiary alicyclic amines) is 1. The third-order valence-electron chi connectivity index (χ3n) is 6.97. The first-order chi connectivity index (χ1) is 17.8. The highest BCUT2D eigenvalue weighted by Crippen LogP contribution is 2.22. The molecule has 0 aromatic heterocycles. The number of aliphatic hydroxyl groups is 4. The second-order valence-corrected chi connectivity index (χ2v) is 10.7. The highest BCUT2D eigenvalue weighted by molar-refractivity contribution is 7.78. The van der Waals surface area contributed by atoms with Crippen LogP contribution in [0.3, 0.4) is 0 Å². The van der Waals surface area contributed by atoms with E-state index in [1.165, 1.54) is 0 Å². The van der Waals surface area contributed by atoms with E-state index in [4.69, 9.17) is 4.74 Å². The van der Waals surface area contributed by atoms with E-state index in [1.54, 1.807) is 4.90 Å². The minimum atomic E-state index is -1.92. The van der Waals surface area contributed by atoms with Crippen molar-refractivity contribution in [1.82, 2.24) is 9.80 Å². The Hall–Kier alpha value is -1.93. The molecule has 0 spiro atoms. The minimum absolute atomic E-state index is 0.0755. The maximum absolute atomic E-state index is 11.4. The first-order valence-corrected chi connectivity index (χ1v) is 13.8. The van der Waals surface area contributed by atoms with Crippen LogP contribution in [0.15, 0.2) is 42.5 Å². The Morgan fingerprint density at radius 1 is 0.919 bits per heavy atom. The van der Waals surface area contributed by atoms with Gasteiger partial charge >= 0.3 is 0 Å². The lowest BCUT2D eigenvalue weighted by Gasteiger charge is -2.43. The molecule has 11 heteroatoms. The third-order valence-corrected chi connectivity index (χ3v) is 7.55. The van der Waals surface area contributed by atoms with Crippen molar-refractivity contribution in [3.8, 4) is 0 Å². The maximum atomic E-state index is 11.4. The van der Waals surface area contributed by atoms with E-state index >= 15 is 0 Å². The number of morpholine rings is 1. The number of β-amino-alcohol motifs (C(OH)–C–C–N with tert-alkyl or cyclic N) is 1. The van der Waals surface area contributed by atoms with Gasteiger partial charge in [0.05, 0.1) is 37.7 Å². The molecule has 37 heavy (non-hydrogen) atoms. The number of anilines is 1. The molecular formula is C26H37N3O7S. The van der Waals surface area contributed by atoms with Crippen molar-refractivity contribution in [3.05, 3.63) is 64.7 Å². The highest BCUT2D eigenvalue weighted by atomic mass is 32.2. The van der Waals surface area contributed by atoms with Crippen molar-refractivity contribution in [3.63, 3.8) is 0 Å². The average Bonchev–Trinajstić information content (AvgIpc) is 2.87. The van der Waals surface area contributed by atoms with Crippen molar-refractivity contribution in [2.75, 3.05) is 44.8 Å². The molecule has 2 heterocycles. The van der Waals surface area contributed by atoms with Gasteiger partial charge in [-0.25, -0.2) is 4.21 Å². The van der Waals surface area contributed by atoms with Gasteiger partial charge in [-0.1, -0.05) is 30.3 Å². The highest BCUT2D eigenvalue weighted by Gasteiger charge is 2.40. The van der Waals surface area contributed by atoms with E-state index in [0.717, 1.165) is 47.6 Å². The van der Waals surface area contributed by atoms with Crippen molar-refractivity contribution in [2.24, 2.45) is 0 Å². The summed E-state index contributed by atoms with van der Waals surface area (Å²) in [5.74, 6) is 0.0755. The number of piperidine rings is 1. The number of nitrogens with zero attached hydrogens (tertiary/aromatic N) is 2. The fourth-order valence-corrected chi connectivity index (χ4v) is 5.41. The van der Waals surface area contributed by atoms with Gasteiger partial charge in [-0.3, -0.25) is 9.80 Å². The smallest absolute Gasteiger partial charge is 0.157 e. The lowest BCUT2D eigenvalue weighted by atomic mass is 9.93. The summed E-state index contributed by atoms with van der Waals surface area (Å²) in [4.78, 5) is 4.09. The first kappa shape index (κ1) is 28.1. The van der Waals surface area contributed by atoms with E-state index in [-0.39, 0.29) is 18.9 Å². The van der Waals surface area contributed by atoms with Crippen LogP contribution in [0.2, 0.25) is 0 Å². The van der Waals surface area contributed by atoms with E-state index < -0.39 is 35.4 Å². The van der Waals surface area contributed by atoms with Gasteiger partial charge in [0.25, 0.3) is 0 Å². The zero-order valence-electron chi connectivity index (χ0n) is 20.8. The number of hydrogen-bond donors (Lipinski definition) is 6. The van der Waals surface area contributed by atoms with Gasteiger partial charge in [0.15, 0.2) is 11.1 Å². The summed E-state index contributed by atoms with van der Waals surface area (Å²) < 4.78 is 26.3. The van der Waals surface area contributed by atoms with E-state index in [1.807, 2.05) is 36.4 Å². The molecule has 2 saturated heterocycles. The topological polar surface area (TPSA) is 146 Å². The summed E-state index contributed by atoms with van der Waals surface area (Å²) in [5, 5.41) is 43.2. The van der Waals surface area contributed by atoms with Gasteiger partial charge in [-0.15, -0.1) is 0 Å². The van der Waals surface area contributed by atoms with Crippen LogP contribution in [0.5, 0.6) is 0 Å². The zero-order chi connectivity index (χ0) is 26.4. The van der Waals surface area contributed by atoms with Crippen LogP contribution in [-0.4, -0.2) is 103 Å². The molecule has 0 bridgehead atoms. The minimum Gasteiger partial charge on any atom is -0.395 e. The predicted octanol–water partition coefficient (Wildman–Crippen LogP) is 0.112. The Kier molecular flexibility index (Phi) is 10.0. The zero-order valence-corrected chi connectivity index (χ0v) is 21.6. The molecule has 10 nitrogen and oxygen atoms in total. The Morgan fingerprint density at radius 2 is 1.59 bits per heavy atom. The van der Waals surface area contributed by atoms with E-state index in [9.17, 15) is 29.2 Å². The molecule has 2 aliphatic rings. The molecule has 2 aliphatic heterocycles. The lowest BCUT2D eigenvalue weighted by molar-refractivity contribution is -0.147. The summed E-state index contributed by atoms with van der Waals surface area (Å²) in [6, 6.07) is 13.2. The average molecular weight is 536 g/mol. The molecule has 4 rings (SSSR count). The van der Waals surface area contributed by atoms with Crippen LogP contribution in [0.1, 0.15) is 22.3 Å². The molecule has 0 aliphatic carbocycles. The predicted molar refractivity (Wildman–Crippen MR) is 140 cm³/mol. The molecule has 0 radical (unpaired) electrons. The summed E-state index contributed by atoms with van der Waals surface area (Å²) in [7, 11) is 0. The largest absolute Gasteiger partial charge is 0.395 e. The normalized spacial score (nSPS) is 26.2. The molecule has 204 valence electrons. The van der Waals surface area contributed by atoms with Crippen LogP contribution in [0, 0.1) is 0 Å². The van der Waals surface area contributed by atoms with Gasteiger partial charge in [0.1, 0.15) is 12.2 Å². The second kappa shape index (κ2) is 13.2. The van der Waals surface area contributed by atoms with Crippen LogP contribution < -0.4 is 5.32 Å². The van der Waals surface area contributed by atoms with E-state index in [2.05, 4.69) is 16.3 Å². The van der Waals surface area contributed by atoms with Crippen LogP contribution in [-0.2, 0) is 41.2 Å². The molecule has 0 saturated carbocycles. The van der Waals surface area contributed by atoms with Gasteiger partial charge in [0, 0.05) is 45.0 Å².